The van der Waals surface area contributed by atoms with Crippen LogP contribution in [0.4, 0.5) is 5.69 Å². The van der Waals surface area contributed by atoms with Gasteiger partial charge in [-0.3, -0.25) is 9.71 Å². The Hall–Kier alpha value is -2.67. The highest BCUT2D eigenvalue weighted by molar-refractivity contribution is 7.97. The Kier molecular flexibility index (Phi) is 11.2. The van der Waals surface area contributed by atoms with E-state index in [1.807, 2.05) is 19.2 Å². The van der Waals surface area contributed by atoms with E-state index in [0.717, 1.165) is 18.8 Å². The lowest BCUT2D eigenvalue weighted by Gasteiger charge is -2.10. The molecule has 0 fully saturated rings. The SMILES string of the molecule is CNCCCCNSc1ccccc1-c1ccccc1.NC=Nc1cccnc1. The van der Waals surface area contributed by atoms with Gasteiger partial charge in [-0.25, -0.2) is 4.99 Å². The highest BCUT2D eigenvalue weighted by atomic mass is 32.2. The number of pyridine rings is 1. The van der Waals surface area contributed by atoms with Gasteiger partial charge in [0.05, 0.1) is 18.2 Å². The summed E-state index contributed by atoms with van der Waals surface area (Å²) in [6, 6.07) is 22.7. The van der Waals surface area contributed by atoms with Crippen molar-refractivity contribution in [3.63, 3.8) is 0 Å². The van der Waals surface area contributed by atoms with Crippen molar-refractivity contribution in [1.29, 1.82) is 0 Å². The van der Waals surface area contributed by atoms with Crippen LogP contribution in [0.15, 0.2) is 89.0 Å². The molecule has 3 aromatic rings. The molecule has 5 nitrogen and oxygen atoms in total. The molecule has 0 radical (unpaired) electrons. The molecule has 1 aromatic heterocycles. The van der Waals surface area contributed by atoms with Crippen molar-refractivity contribution in [2.24, 2.45) is 10.7 Å². The third-order valence-corrected chi connectivity index (χ3v) is 4.90. The number of nitrogens with two attached hydrogens (primary N) is 1. The maximum atomic E-state index is 5.04. The number of aromatic nitrogens is 1. The minimum absolute atomic E-state index is 0.778. The molecule has 0 saturated heterocycles. The Morgan fingerprint density at radius 1 is 0.966 bits per heavy atom. The van der Waals surface area contributed by atoms with Gasteiger partial charge in [0.15, 0.2) is 0 Å². The molecule has 0 spiro atoms. The molecule has 0 aliphatic carbocycles. The fourth-order valence-corrected chi connectivity index (χ4v) is 3.40. The zero-order valence-corrected chi connectivity index (χ0v) is 17.6. The minimum Gasteiger partial charge on any atom is -0.390 e. The first-order chi connectivity index (χ1) is 14.3. The van der Waals surface area contributed by atoms with Crippen LogP contribution >= 0.6 is 11.9 Å². The Bertz CT molecular complexity index is 825. The number of aliphatic imine (C=N–C) groups is 1. The Morgan fingerprint density at radius 3 is 2.45 bits per heavy atom. The van der Waals surface area contributed by atoms with E-state index in [4.69, 9.17) is 5.73 Å². The van der Waals surface area contributed by atoms with E-state index >= 15 is 0 Å². The van der Waals surface area contributed by atoms with Gasteiger partial charge >= 0.3 is 0 Å². The summed E-state index contributed by atoms with van der Waals surface area (Å²) in [6.07, 6.45) is 6.99. The number of unbranched alkanes of at least 4 members (excludes halogenated alkanes) is 1. The standard InChI is InChI=1S/C17H22N2S.C6H7N3/c1-18-13-7-8-14-19-20-17-12-6-5-11-16(17)15-9-3-2-4-10-15;7-5-9-6-2-1-3-8-4-6/h2-6,9-12,18-19H,7-8,13-14H2,1H3;1-5H,(H2,7,9). The molecule has 3 rings (SSSR count). The molecule has 0 atom stereocenters. The first-order valence-electron chi connectivity index (χ1n) is 9.68. The van der Waals surface area contributed by atoms with Crippen molar-refractivity contribution in [3.05, 3.63) is 79.1 Å². The zero-order valence-electron chi connectivity index (χ0n) is 16.8. The average molecular weight is 408 g/mol. The number of nitrogens with one attached hydrogen (secondary N) is 2. The molecule has 0 aliphatic heterocycles. The molecule has 1 heterocycles. The third-order valence-electron chi connectivity index (χ3n) is 3.98. The van der Waals surface area contributed by atoms with Gasteiger partial charge in [0.25, 0.3) is 0 Å². The van der Waals surface area contributed by atoms with Crippen molar-refractivity contribution in [2.75, 3.05) is 20.1 Å². The van der Waals surface area contributed by atoms with Crippen molar-refractivity contribution in [2.45, 2.75) is 17.7 Å². The number of rotatable bonds is 9. The van der Waals surface area contributed by atoms with Crippen LogP contribution in [0, 0.1) is 0 Å². The largest absolute Gasteiger partial charge is 0.390 e. The van der Waals surface area contributed by atoms with E-state index in [1.54, 1.807) is 24.3 Å². The van der Waals surface area contributed by atoms with Crippen LogP contribution in [0.2, 0.25) is 0 Å². The van der Waals surface area contributed by atoms with Crippen LogP contribution in [0.3, 0.4) is 0 Å². The van der Waals surface area contributed by atoms with Crippen LogP contribution in [0.25, 0.3) is 11.1 Å². The zero-order chi connectivity index (χ0) is 20.6. The van der Waals surface area contributed by atoms with Crippen LogP contribution < -0.4 is 15.8 Å². The molecule has 0 aliphatic rings. The summed E-state index contributed by atoms with van der Waals surface area (Å²) in [5.41, 5.74) is 8.38. The van der Waals surface area contributed by atoms with Crippen molar-refractivity contribution < 1.29 is 0 Å². The normalized spacial score (nSPS) is 10.5. The maximum Gasteiger partial charge on any atom is 0.0860 e. The lowest BCUT2D eigenvalue weighted by Crippen LogP contribution is -2.11. The Labute approximate surface area is 178 Å². The lowest BCUT2D eigenvalue weighted by atomic mass is 10.1. The van der Waals surface area contributed by atoms with Gasteiger partial charge in [0.2, 0.25) is 0 Å². The van der Waals surface area contributed by atoms with E-state index in [0.29, 0.717) is 0 Å². The average Bonchev–Trinajstić information content (AvgIpc) is 2.78. The smallest absolute Gasteiger partial charge is 0.0860 e. The summed E-state index contributed by atoms with van der Waals surface area (Å²) in [5, 5.41) is 3.17. The van der Waals surface area contributed by atoms with Gasteiger partial charge in [0, 0.05) is 17.6 Å². The van der Waals surface area contributed by atoms with Crippen LogP contribution in [-0.2, 0) is 0 Å². The summed E-state index contributed by atoms with van der Waals surface area (Å²) in [7, 11) is 2.00. The molecular formula is C23H29N5S. The summed E-state index contributed by atoms with van der Waals surface area (Å²) in [6.45, 7) is 2.13. The van der Waals surface area contributed by atoms with Crippen molar-refractivity contribution >= 4 is 24.0 Å². The second kappa shape index (κ2) is 14.3. The molecule has 0 bridgehead atoms. The molecular weight excluding hydrogens is 378 g/mol. The summed E-state index contributed by atoms with van der Waals surface area (Å²) in [4.78, 5) is 8.92. The molecule has 2 aromatic carbocycles. The Morgan fingerprint density at radius 2 is 1.72 bits per heavy atom. The molecule has 152 valence electrons. The van der Waals surface area contributed by atoms with Gasteiger partial charge in [-0.05, 0) is 67.7 Å². The first-order valence-corrected chi connectivity index (χ1v) is 10.5. The lowest BCUT2D eigenvalue weighted by molar-refractivity contribution is 0.673. The summed E-state index contributed by atoms with van der Waals surface area (Å²) < 4.78 is 3.46. The van der Waals surface area contributed by atoms with Gasteiger partial charge in [-0.2, -0.15) is 0 Å². The predicted molar refractivity (Wildman–Crippen MR) is 125 cm³/mol. The molecule has 29 heavy (non-hydrogen) atoms. The summed E-state index contributed by atoms with van der Waals surface area (Å²) >= 11 is 1.73. The van der Waals surface area contributed by atoms with E-state index in [-0.39, 0.29) is 0 Å². The maximum absolute atomic E-state index is 5.04. The molecule has 0 amide bonds. The molecule has 0 saturated carbocycles. The molecule has 0 unspecified atom stereocenters. The fraction of sp³-hybridized carbons (Fsp3) is 0.217. The van der Waals surface area contributed by atoms with Gasteiger partial charge in [-0.15, -0.1) is 0 Å². The number of benzene rings is 2. The molecule has 4 N–H and O–H groups in total. The van der Waals surface area contributed by atoms with Crippen LogP contribution in [0.1, 0.15) is 12.8 Å². The topological polar surface area (TPSA) is 75.3 Å². The monoisotopic (exact) mass is 407 g/mol. The first kappa shape index (κ1) is 22.6. The summed E-state index contributed by atoms with van der Waals surface area (Å²) in [5.74, 6) is 0. The second-order valence-electron chi connectivity index (χ2n) is 6.16. The van der Waals surface area contributed by atoms with Crippen LogP contribution in [-0.4, -0.2) is 31.5 Å². The number of nitrogens with zero attached hydrogens (tertiary/aromatic N) is 2. The van der Waals surface area contributed by atoms with Gasteiger partial charge < -0.3 is 11.1 Å². The van der Waals surface area contributed by atoms with Crippen molar-refractivity contribution in [3.8, 4) is 11.1 Å². The van der Waals surface area contributed by atoms with Gasteiger partial charge in [0.1, 0.15) is 0 Å². The van der Waals surface area contributed by atoms with E-state index in [2.05, 4.69) is 74.6 Å². The third kappa shape index (κ3) is 8.91. The minimum atomic E-state index is 0.778. The van der Waals surface area contributed by atoms with E-state index in [1.165, 1.54) is 35.2 Å². The molecule has 6 heteroatoms. The number of hydrogen-bond acceptors (Lipinski definition) is 5. The highest BCUT2D eigenvalue weighted by Crippen LogP contribution is 2.29. The van der Waals surface area contributed by atoms with Crippen LogP contribution in [0.5, 0.6) is 0 Å². The Balaban J connectivity index is 0.000000278. The fourth-order valence-electron chi connectivity index (χ4n) is 2.56. The number of hydrogen-bond donors (Lipinski definition) is 3. The van der Waals surface area contributed by atoms with Gasteiger partial charge in [-0.1, -0.05) is 48.5 Å². The van der Waals surface area contributed by atoms with Crippen molar-refractivity contribution in [1.82, 2.24) is 15.0 Å². The second-order valence-corrected chi connectivity index (χ2v) is 7.09. The quantitative estimate of drug-likeness (QED) is 0.208. The van der Waals surface area contributed by atoms with E-state index in [9.17, 15) is 0 Å². The highest BCUT2D eigenvalue weighted by Gasteiger charge is 2.04. The van der Waals surface area contributed by atoms with E-state index < -0.39 is 0 Å². The predicted octanol–water partition coefficient (Wildman–Crippen LogP) is 4.65.